The number of hydrogen-bond donors (Lipinski definition) is 1. The van der Waals surface area contributed by atoms with Gasteiger partial charge in [-0.3, -0.25) is 4.68 Å². The van der Waals surface area contributed by atoms with Crippen molar-refractivity contribution < 1.29 is 0 Å². The Balaban J connectivity index is 2.32. The Morgan fingerprint density at radius 2 is 2.33 bits per heavy atom. The molecule has 0 amide bonds. The van der Waals surface area contributed by atoms with Crippen LogP contribution in [0.5, 0.6) is 0 Å². The van der Waals surface area contributed by atoms with Gasteiger partial charge in [-0.15, -0.1) is 11.3 Å². The summed E-state index contributed by atoms with van der Waals surface area (Å²) in [5.41, 5.74) is 3.17. The lowest BCUT2D eigenvalue weighted by atomic mass is 10.2. The Hall–Kier alpha value is -1.20. The van der Waals surface area contributed by atoms with Crippen molar-refractivity contribution in [3.05, 3.63) is 22.3 Å². The first kappa shape index (κ1) is 10.3. The number of nitrogens with one attached hydrogen (secondary N) is 1. The quantitative estimate of drug-likeness (QED) is 0.857. The van der Waals surface area contributed by atoms with Gasteiger partial charge in [-0.1, -0.05) is 0 Å². The van der Waals surface area contributed by atoms with E-state index in [0.29, 0.717) is 0 Å². The van der Waals surface area contributed by atoms with Gasteiger partial charge in [-0.2, -0.15) is 5.10 Å². The summed E-state index contributed by atoms with van der Waals surface area (Å²) < 4.78 is 1.82. The number of aryl methyl sites for hydroxylation is 2. The van der Waals surface area contributed by atoms with E-state index in [2.05, 4.69) is 20.8 Å². The molecule has 0 spiro atoms. The number of rotatable bonds is 3. The van der Waals surface area contributed by atoms with Crippen molar-refractivity contribution in [2.75, 3.05) is 7.05 Å². The fourth-order valence-corrected chi connectivity index (χ4v) is 2.32. The zero-order valence-electron chi connectivity index (χ0n) is 9.11. The lowest BCUT2D eigenvalue weighted by molar-refractivity contribution is 0.756. The van der Waals surface area contributed by atoms with Crippen molar-refractivity contribution in [1.29, 1.82) is 0 Å². The second-order valence-electron chi connectivity index (χ2n) is 3.46. The zero-order valence-corrected chi connectivity index (χ0v) is 9.93. The maximum Gasteiger partial charge on any atom is 0.107 e. The number of hydrogen-bond acceptors (Lipinski definition) is 4. The summed E-state index contributed by atoms with van der Waals surface area (Å²) in [6.45, 7) is 2.83. The molecule has 80 valence electrons. The SMILES string of the molecule is CNCc1nc(-c2cn(C)nc2C)cs1. The number of aromatic nitrogens is 3. The average molecular weight is 222 g/mol. The molecule has 1 N–H and O–H groups in total. The predicted octanol–water partition coefficient (Wildman–Crippen LogP) is 1.57. The summed E-state index contributed by atoms with van der Waals surface area (Å²) in [5, 5.41) is 10.6. The molecule has 0 bridgehead atoms. The van der Waals surface area contributed by atoms with Gasteiger partial charge in [0.2, 0.25) is 0 Å². The van der Waals surface area contributed by atoms with Gasteiger partial charge in [0.1, 0.15) is 5.01 Å². The summed E-state index contributed by atoms with van der Waals surface area (Å²) in [6.07, 6.45) is 2.01. The van der Waals surface area contributed by atoms with E-state index < -0.39 is 0 Å². The van der Waals surface area contributed by atoms with Crippen molar-refractivity contribution >= 4 is 11.3 Å². The number of nitrogens with zero attached hydrogens (tertiary/aromatic N) is 3. The number of thiazole rings is 1. The van der Waals surface area contributed by atoms with Crippen LogP contribution in [0.2, 0.25) is 0 Å². The minimum Gasteiger partial charge on any atom is -0.314 e. The molecule has 0 aromatic carbocycles. The summed E-state index contributed by atoms with van der Waals surface area (Å²) >= 11 is 1.68. The van der Waals surface area contributed by atoms with Crippen LogP contribution in [0.25, 0.3) is 11.3 Å². The first-order valence-corrected chi connectivity index (χ1v) is 5.68. The molecule has 2 aromatic rings. The van der Waals surface area contributed by atoms with Crippen LogP contribution in [0.1, 0.15) is 10.7 Å². The van der Waals surface area contributed by atoms with Crippen LogP contribution in [0.4, 0.5) is 0 Å². The highest BCUT2D eigenvalue weighted by atomic mass is 32.1. The van der Waals surface area contributed by atoms with Crippen LogP contribution in [-0.4, -0.2) is 21.8 Å². The van der Waals surface area contributed by atoms with Crippen LogP contribution in [-0.2, 0) is 13.6 Å². The fraction of sp³-hybridized carbons (Fsp3) is 0.400. The van der Waals surface area contributed by atoms with Crippen molar-refractivity contribution in [1.82, 2.24) is 20.1 Å². The summed E-state index contributed by atoms with van der Waals surface area (Å²) in [5.74, 6) is 0. The molecule has 2 aromatic heterocycles. The van der Waals surface area contributed by atoms with E-state index in [1.54, 1.807) is 11.3 Å². The summed E-state index contributed by atoms with van der Waals surface area (Å²) in [6, 6.07) is 0. The highest BCUT2D eigenvalue weighted by Gasteiger charge is 2.09. The predicted molar refractivity (Wildman–Crippen MR) is 61.8 cm³/mol. The van der Waals surface area contributed by atoms with Crippen LogP contribution >= 0.6 is 11.3 Å². The molecule has 0 radical (unpaired) electrons. The molecule has 0 aliphatic heterocycles. The van der Waals surface area contributed by atoms with Gasteiger partial charge in [0.25, 0.3) is 0 Å². The Kier molecular flexibility index (Phi) is 2.83. The Labute approximate surface area is 93.0 Å². The maximum atomic E-state index is 4.55. The van der Waals surface area contributed by atoms with Gasteiger partial charge in [-0.05, 0) is 14.0 Å². The molecular weight excluding hydrogens is 208 g/mol. The third-order valence-corrected chi connectivity index (χ3v) is 3.02. The van der Waals surface area contributed by atoms with E-state index in [-0.39, 0.29) is 0 Å². The van der Waals surface area contributed by atoms with Gasteiger partial charge in [-0.25, -0.2) is 4.98 Å². The van der Waals surface area contributed by atoms with Gasteiger partial charge < -0.3 is 5.32 Å². The second kappa shape index (κ2) is 4.12. The Morgan fingerprint density at radius 3 is 2.93 bits per heavy atom. The van der Waals surface area contributed by atoms with Gasteiger partial charge in [0, 0.05) is 30.7 Å². The van der Waals surface area contributed by atoms with Gasteiger partial charge in [0.05, 0.1) is 11.4 Å². The van der Waals surface area contributed by atoms with E-state index in [1.807, 2.05) is 31.9 Å². The molecule has 0 unspecified atom stereocenters. The largest absolute Gasteiger partial charge is 0.314 e. The molecule has 0 aliphatic rings. The minimum absolute atomic E-state index is 0.823. The summed E-state index contributed by atoms with van der Waals surface area (Å²) in [7, 11) is 3.85. The first-order valence-electron chi connectivity index (χ1n) is 4.80. The summed E-state index contributed by atoms with van der Waals surface area (Å²) in [4.78, 5) is 4.55. The normalized spacial score (nSPS) is 10.9. The van der Waals surface area contributed by atoms with Crippen molar-refractivity contribution in [2.24, 2.45) is 7.05 Å². The lowest BCUT2D eigenvalue weighted by Gasteiger charge is -1.92. The fourth-order valence-electron chi connectivity index (χ4n) is 1.52. The smallest absolute Gasteiger partial charge is 0.107 e. The third-order valence-electron chi connectivity index (χ3n) is 2.17. The molecule has 15 heavy (non-hydrogen) atoms. The molecule has 5 heteroatoms. The van der Waals surface area contributed by atoms with E-state index in [1.165, 1.54) is 0 Å². The average Bonchev–Trinajstić information content (AvgIpc) is 2.73. The van der Waals surface area contributed by atoms with E-state index >= 15 is 0 Å². The Bertz CT molecular complexity index is 458. The second-order valence-corrected chi connectivity index (χ2v) is 4.40. The molecule has 4 nitrogen and oxygen atoms in total. The maximum absolute atomic E-state index is 4.55. The molecule has 2 heterocycles. The highest BCUT2D eigenvalue weighted by molar-refractivity contribution is 7.09. The molecule has 0 saturated heterocycles. The van der Waals surface area contributed by atoms with Crippen molar-refractivity contribution in [3.63, 3.8) is 0 Å². The molecule has 0 saturated carbocycles. The zero-order chi connectivity index (χ0) is 10.8. The monoisotopic (exact) mass is 222 g/mol. The van der Waals surface area contributed by atoms with Crippen molar-refractivity contribution in [2.45, 2.75) is 13.5 Å². The van der Waals surface area contributed by atoms with Crippen LogP contribution in [0.15, 0.2) is 11.6 Å². The molecule has 0 atom stereocenters. The Morgan fingerprint density at radius 1 is 1.53 bits per heavy atom. The molecule has 0 fully saturated rings. The molecule has 0 aliphatic carbocycles. The van der Waals surface area contributed by atoms with E-state index in [4.69, 9.17) is 0 Å². The van der Waals surface area contributed by atoms with Crippen LogP contribution in [0, 0.1) is 6.92 Å². The van der Waals surface area contributed by atoms with Gasteiger partial charge >= 0.3 is 0 Å². The van der Waals surface area contributed by atoms with Gasteiger partial charge in [0.15, 0.2) is 0 Å². The van der Waals surface area contributed by atoms with Crippen molar-refractivity contribution in [3.8, 4) is 11.3 Å². The van der Waals surface area contributed by atoms with E-state index in [0.717, 1.165) is 28.5 Å². The topological polar surface area (TPSA) is 42.7 Å². The molecular formula is C10H14N4S. The third kappa shape index (κ3) is 2.08. The van der Waals surface area contributed by atoms with Crippen LogP contribution < -0.4 is 5.32 Å². The lowest BCUT2D eigenvalue weighted by Crippen LogP contribution is -2.04. The minimum atomic E-state index is 0.823. The van der Waals surface area contributed by atoms with Crippen LogP contribution in [0.3, 0.4) is 0 Å². The highest BCUT2D eigenvalue weighted by Crippen LogP contribution is 2.23. The van der Waals surface area contributed by atoms with E-state index in [9.17, 15) is 0 Å². The first-order chi connectivity index (χ1) is 7.20. The molecule has 2 rings (SSSR count). The standard InChI is InChI=1S/C10H14N4S/c1-7-8(5-14(3)13-7)9-6-15-10(12-9)4-11-2/h5-6,11H,4H2,1-3H3.